The number of hydrogen-bond donors (Lipinski definition) is 3. The smallest absolute Gasteiger partial charge is 0.229 e. The summed E-state index contributed by atoms with van der Waals surface area (Å²) in [7, 11) is 1.47. The fraction of sp³-hybridized carbons (Fsp3) is 0.478. The summed E-state index contributed by atoms with van der Waals surface area (Å²) >= 11 is 0. The highest BCUT2D eigenvalue weighted by atomic mass is 16.7. The first-order chi connectivity index (χ1) is 14.7. The number of methoxy groups -OCH3 is 1. The van der Waals surface area contributed by atoms with Crippen LogP contribution in [0.2, 0.25) is 0 Å². The lowest BCUT2D eigenvalue weighted by atomic mass is 9.89. The van der Waals surface area contributed by atoms with Crippen LogP contribution in [0.3, 0.4) is 0 Å². The minimum Gasteiger partial charge on any atom is -0.462 e. The van der Waals surface area contributed by atoms with Gasteiger partial charge in [-0.15, -0.1) is 0 Å². The van der Waals surface area contributed by atoms with E-state index in [9.17, 15) is 15.0 Å². The van der Waals surface area contributed by atoms with E-state index in [1.165, 1.54) is 14.0 Å². The average molecular weight is 431 g/mol. The summed E-state index contributed by atoms with van der Waals surface area (Å²) in [6.07, 6.45) is -0.132. The average Bonchev–Trinajstić information content (AvgIpc) is 2.73. The van der Waals surface area contributed by atoms with Crippen molar-refractivity contribution >= 4 is 5.91 Å². The van der Waals surface area contributed by atoms with Gasteiger partial charge in [0.15, 0.2) is 0 Å². The number of rotatable bonds is 7. The number of hydrogen-bond acceptors (Lipinski definition) is 7. The second-order valence-electron chi connectivity index (χ2n) is 8.13. The SMILES string of the molecule is CO[C@@H]1[C@@H](O)[C@@H](O)[C@H](Oc2ccc(CCNC(C)=O)c(-c3ccncc3)c2)OC1(C)C. The highest BCUT2D eigenvalue weighted by Gasteiger charge is 2.50. The molecule has 8 heteroatoms. The van der Waals surface area contributed by atoms with Gasteiger partial charge >= 0.3 is 0 Å². The van der Waals surface area contributed by atoms with Crippen LogP contribution < -0.4 is 10.1 Å². The van der Waals surface area contributed by atoms with Gasteiger partial charge in [-0.1, -0.05) is 6.07 Å². The van der Waals surface area contributed by atoms with Gasteiger partial charge in [0.05, 0.1) is 5.60 Å². The first-order valence-electron chi connectivity index (χ1n) is 10.2. The molecule has 1 aromatic carbocycles. The van der Waals surface area contributed by atoms with E-state index in [0.29, 0.717) is 18.7 Å². The zero-order valence-electron chi connectivity index (χ0n) is 18.2. The van der Waals surface area contributed by atoms with E-state index in [2.05, 4.69) is 10.3 Å². The number of aliphatic hydroxyl groups is 2. The third-order valence-electron chi connectivity index (χ3n) is 5.39. The second kappa shape index (κ2) is 9.74. The van der Waals surface area contributed by atoms with Crippen LogP contribution in [0.4, 0.5) is 0 Å². The summed E-state index contributed by atoms with van der Waals surface area (Å²) in [6.45, 7) is 5.55. The number of aromatic nitrogens is 1. The van der Waals surface area contributed by atoms with Gasteiger partial charge in [-0.25, -0.2) is 0 Å². The van der Waals surface area contributed by atoms with E-state index in [4.69, 9.17) is 14.2 Å². The summed E-state index contributed by atoms with van der Waals surface area (Å²) in [4.78, 5) is 15.3. The molecular weight excluding hydrogens is 400 g/mol. The molecule has 1 fully saturated rings. The van der Waals surface area contributed by atoms with E-state index in [1.54, 1.807) is 32.3 Å². The van der Waals surface area contributed by atoms with E-state index in [1.807, 2.05) is 24.3 Å². The lowest BCUT2D eigenvalue weighted by molar-refractivity contribution is -0.305. The molecule has 2 heterocycles. The van der Waals surface area contributed by atoms with Gasteiger partial charge in [0.2, 0.25) is 12.2 Å². The van der Waals surface area contributed by atoms with Crippen molar-refractivity contribution in [3.63, 3.8) is 0 Å². The van der Waals surface area contributed by atoms with Crippen molar-refractivity contribution in [1.82, 2.24) is 10.3 Å². The number of pyridine rings is 1. The Bertz CT molecular complexity index is 889. The molecule has 2 aromatic rings. The third kappa shape index (κ3) is 5.40. The number of amides is 1. The molecule has 8 nitrogen and oxygen atoms in total. The number of carbonyl (C=O) groups excluding carboxylic acids is 1. The van der Waals surface area contributed by atoms with Gasteiger partial charge in [0.1, 0.15) is 24.1 Å². The number of aliphatic hydroxyl groups excluding tert-OH is 2. The minimum absolute atomic E-state index is 0.0793. The monoisotopic (exact) mass is 430 g/mol. The highest BCUT2D eigenvalue weighted by molar-refractivity contribution is 5.73. The Labute approximate surface area is 182 Å². The van der Waals surface area contributed by atoms with Crippen LogP contribution >= 0.6 is 0 Å². The first-order valence-corrected chi connectivity index (χ1v) is 10.2. The summed E-state index contributed by atoms with van der Waals surface area (Å²) in [5.41, 5.74) is 2.04. The molecule has 3 rings (SSSR count). The van der Waals surface area contributed by atoms with Crippen LogP contribution in [0.1, 0.15) is 26.3 Å². The van der Waals surface area contributed by atoms with Crippen LogP contribution in [0.5, 0.6) is 5.75 Å². The summed E-state index contributed by atoms with van der Waals surface area (Å²) in [5.74, 6) is 0.405. The van der Waals surface area contributed by atoms with Gasteiger partial charge in [-0.05, 0) is 61.2 Å². The first kappa shape index (κ1) is 23.1. The van der Waals surface area contributed by atoms with Gasteiger partial charge in [-0.2, -0.15) is 0 Å². The second-order valence-corrected chi connectivity index (χ2v) is 8.13. The number of ether oxygens (including phenoxy) is 3. The molecule has 0 radical (unpaired) electrons. The summed E-state index contributed by atoms with van der Waals surface area (Å²) in [5, 5.41) is 23.8. The van der Waals surface area contributed by atoms with E-state index >= 15 is 0 Å². The number of nitrogens with one attached hydrogen (secondary N) is 1. The Balaban J connectivity index is 1.86. The molecule has 3 N–H and O–H groups in total. The van der Waals surface area contributed by atoms with Crippen molar-refractivity contribution < 1.29 is 29.2 Å². The van der Waals surface area contributed by atoms with Crippen LogP contribution in [0.25, 0.3) is 11.1 Å². The predicted molar refractivity (Wildman–Crippen MR) is 114 cm³/mol. The quantitative estimate of drug-likeness (QED) is 0.613. The van der Waals surface area contributed by atoms with E-state index in [0.717, 1.165) is 16.7 Å². The lowest BCUT2D eigenvalue weighted by Crippen LogP contribution is -2.63. The van der Waals surface area contributed by atoms with Gasteiger partial charge in [0, 0.05) is 33.0 Å². The molecule has 4 atom stereocenters. The van der Waals surface area contributed by atoms with Crippen LogP contribution in [0.15, 0.2) is 42.7 Å². The maximum absolute atomic E-state index is 11.2. The Morgan fingerprint density at radius 1 is 1.19 bits per heavy atom. The molecule has 0 aliphatic carbocycles. The molecule has 1 aromatic heterocycles. The number of nitrogens with zero attached hydrogens (tertiary/aromatic N) is 1. The van der Waals surface area contributed by atoms with Crippen molar-refractivity contribution in [1.29, 1.82) is 0 Å². The molecule has 1 aliphatic heterocycles. The fourth-order valence-electron chi connectivity index (χ4n) is 3.86. The summed E-state index contributed by atoms with van der Waals surface area (Å²) in [6, 6.07) is 9.34. The normalized spacial score (nSPS) is 25.1. The largest absolute Gasteiger partial charge is 0.462 e. The van der Waals surface area contributed by atoms with Crippen molar-refractivity contribution in [2.75, 3.05) is 13.7 Å². The standard InChI is InChI=1S/C23H30N2O6/c1-14(26)25-12-9-15-5-6-17(13-18(15)16-7-10-24-11-8-16)30-22-20(28)19(27)21(29-4)23(2,3)31-22/h5-8,10-11,13,19-22,27-28H,9,12H2,1-4H3,(H,25,26)/t19-,20+,21+,22+/m0/s1. The van der Waals surface area contributed by atoms with Crippen LogP contribution in [-0.2, 0) is 20.7 Å². The highest BCUT2D eigenvalue weighted by Crippen LogP contribution is 2.34. The lowest BCUT2D eigenvalue weighted by Gasteiger charge is -2.46. The molecule has 0 unspecified atom stereocenters. The van der Waals surface area contributed by atoms with Crippen LogP contribution in [-0.4, -0.2) is 65.0 Å². The van der Waals surface area contributed by atoms with Crippen LogP contribution in [0, 0.1) is 0 Å². The molecule has 0 spiro atoms. The molecule has 1 saturated heterocycles. The van der Waals surface area contributed by atoms with Crippen molar-refractivity contribution in [2.45, 2.75) is 57.4 Å². The van der Waals surface area contributed by atoms with E-state index in [-0.39, 0.29) is 5.91 Å². The molecule has 1 aliphatic rings. The topological polar surface area (TPSA) is 110 Å². The van der Waals surface area contributed by atoms with Gasteiger partial charge < -0.3 is 29.7 Å². The van der Waals surface area contributed by atoms with Crippen molar-refractivity contribution in [2.24, 2.45) is 0 Å². The van der Waals surface area contributed by atoms with Crippen molar-refractivity contribution in [3.8, 4) is 16.9 Å². The Morgan fingerprint density at radius 3 is 2.55 bits per heavy atom. The molecule has 0 bridgehead atoms. The van der Waals surface area contributed by atoms with Crippen molar-refractivity contribution in [3.05, 3.63) is 48.3 Å². The Hall–Kier alpha value is -2.52. The summed E-state index contributed by atoms with van der Waals surface area (Å²) < 4.78 is 17.2. The van der Waals surface area contributed by atoms with Gasteiger partial charge in [0.25, 0.3) is 0 Å². The zero-order chi connectivity index (χ0) is 22.6. The molecule has 31 heavy (non-hydrogen) atoms. The fourth-order valence-corrected chi connectivity index (χ4v) is 3.86. The molecule has 1 amide bonds. The Kier molecular flexibility index (Phi) is 7.27. The third-order valence-corrected chi connectivity index (χ3v) is 5.39. The van der Waals surface area contributed by atoms with E-state index < -0.39 is 30.2 Å². The minimum atomic E-state index is -1.28. The number of carbonyl (C=O) groups is 1. The Morgan fingerprint density at radius 2 is 1.90 bits per heavy atom. The predicted octanol–water partition coefficient (Wildman–Crippen LogP) is 1.68. The number of benzene rings is 1. The van der Waals surface area contributed by atoms with Gasteiger partial charge in [-0.3, -0.25) is 9.78 Å². The molecule has 168 valence electrons. The zero-order valence-corrected chi connectivity index (χ0v) is 18.2. The molecular formula is C23H30N2O6. The maximum Gasteiger partial charge on any atom is 0.229 e. The molecule has 0 saturated carbocycles. The maximum atomic E-state index is 11.2.